The summed E-state index contributed by atoms with van der Waals surface area (Å²) in [5.41, 5.74) is 6.43. The number of aliphatic hydroxyl groups excluding tert-OH is 1. The molecule has 0 amide bonds. The molecule has 4 aliphatic rings. The zero-order valence-electron chi connectivity index (χ0n) is 24.0. The fourth-order valence-electron chi connectivity index (χ4n) is 7.12. The van der Waals surface area contributed by atoms with Gasteiger partial charge in [-0.15, -0.1) is 11.3 Å². The van der Waals surface area contributed by atoms with Crippen LogP contribution in [0.1, 0.15) is 60.9 Å². The lowest BCUT2D eigenvalue weighted by Gasteiger charge is -2.31. The van der Waals surface area contributed by atoms with Crippen LogP contribution < -0.4 is 15.4 Å². The number of thiophene rings is 1. The van der Waals surface area contributed by atoms with Gasteiger partial charge in [0.2, 0.25) is 23.5 Å². The Balaban J connectivity index is 1.24. The summed E-state index contributed by atoms with van der Waals surface area (Å²) in [4.78, 5) is 23.6. The van der Waals surface area contributed by atoms with Crippen molar-refractivity contribution < 1.29 is 23.5 Å². The molecular weight excluding hydrogens is 577 g/mol. The van der Waals surface area contributed by atoms with Gasteiger partial charge >= 0.3 is 6.01 Å². The minimum Gasteiger partial charge on any atom is -0.461 e. The molecule has 1 aliphatic carbocycles. The van der Waals surface area contributed by atoms with Gasteiger partial charge in [0.25, 0.3) is 0 Å². The first-order valence-corrected chi connectivity index (χ1v) is 15.5. The fourth-order valence-corrected chi connectivity index (χ4v) is 8.31. The molecule has 3 aliphatic heterocycles. The highest BCUT2D eigenvalue weighted by Crippen LogP contribution is 2.48. The van der Waals surface area contributed by atoms with Crippen LogP contribution in [0.2, 0.25) is 0 Å². The highest BCUT2D eigenvalue weighted by Gasteiger charge is 2.49. The lowest BCUT2D eigenvalue weighted by molar-refractivity contribution is 0.0597. The number of anilines is 2. The van der Waals surface area contributed by atoms with Crippen LogP contribution in [0.5, 0.6) is 6.01 Å². The maximum atomic E-state index is 14.4. The minimum absolute atomic E-state index is 0.0677. The van der Waals surface area contributed by atoms with E-state index in [0.717, 1.165) is 42.7 Å². The SMILES string of the molecule is C[C@]1(c2nc(-c3nc(OC[C@@]45CCCN4C[C@H](F)C5)nc(N4CCOC[C@H](O)C4)n3)no2)CCCc2sc(N)c(C#N)c21. The molecule has 3 aromatic rings. The number of alkyl halides is 1. The molecule has 0 saturated carbocycles. The van der Waals surface area contributed by atoms with Crippen molar-refractivity contribution in [2.45, 2.75) is 68.7 Å². The Hall–Kier alpha value is -3.45. The van der Waals surface area contributed by atoms with Crippen LogP contribution in [-0.4, -0.2) is 98.9 Å². The number of rotatable bonds is 6. The highest BCUT2D eigenvalue weighted by atomic mass is 32.1. The molecule has 43 heavy (non-hydrogen) atoms. The average molecular weight is 612 g/mol. The Bertz CT molecular complexity index is 1560. The van der Waals surface area contributed by atoms with E-state index >= 15 is 0 Å². The van der Waals surface area contributed by atoms with E-state index in [9.17, 15) is 14.8 Å². The van der Waals surface area contributed by atoms with E-state index in [-0.39, 0.29) is 48.9 Å². The summed E-state index contributed by atoms with van der Waals surface area (Å²) in [6, 6.07) is 2.33. The van der Waals surface area contributed by atoms with Crippen LogP contribution in [0.4, 0.5) is 15.3 Å². The smallest absolute Gasteiger partial charge is 0.321 e. The number of aliphatic hydroxyl groups is 1. The van der Waals surface area contributed by atoms with Crippen LogP contribution in [0.25, 0.3) is 11.6 Å². The van der Waals surface area contributed by atoms with Crippen molar-refractivity contribution in [1.82, 2.24) is 30.0 Å². The number of aromatic nitrogens is 5. The van der Waals surface area contributed by atoms with Crippen molar-refractivity contribution in [2.24, 2.45) is 0 Å². The number of nitrogens with zero attached hydrogens (tertiary/aromatic N) is 8. The zero-order valence-corrected chi connectivity index (χ0v) is 24.8. The lowest BCUT2D eigenvalue weighted by Crippen LogP contribution is -2.43. The highest BCUT2D eigenvalue weighted by molar-refractivity contribution is 7.16. The molecule has 228 valence electrons. The second-order valence-corrected chi connectivity index (χ2v) is 13.3. The predicted molar refractivity (Wildman–Crippen MR) is 154 cm³/mol. The summed E-state index contributed by atoms with van der Waals surface area (Å²) in [7, 11) is 0. The first-order chi connectivity index (χ1) is 20.8. The van der Waals surface area contributed by atoms with E-state index in [0.29, 0.717) is 49.0 Å². The van der Waals surface area contributed by atoms with Crippen molar-refractivity contribution in [3.05, 3.63) is 21.9 Å². The molecule has 3 aromatic heterocycles. The second kappa shape index (κ2) is 10.9. The number of fused-ring (bicyclic) bond motifs is 2. The number of β-amino-alcohol motifs (C(OH)–C–C–N with tert-alkyl or cyclic N) is 1. The molecule has 15 heteroatoms. The number of nitrogen functional groups attached to an aromatic ring is 1. The molecule has 7 rings (SSSR count). The van der Waals surface area contributed by atoms with Crippen LogP contribution in [0.15, 0.2) is 4.52 Å². The van der Waals surface area contributed by atoms with Gasteiger partial charge in [0.1, 0.15) is 23.8 Å². The Morgan fingerprint density at radius 1 is 1.19 bits per heavy atom. The third-order valence-corrected chi connectivity index (χ3v) is 10.3. The maximum Gasteiger partial charge on any atom is 0.321 e. The second-order valence-electron chi connectivity index (χ2n) is 12.1. The van der Waals surface area contributed by atoms with E-state index in [1.54, 1.807) is 0 Å². The number of ether oxygens (including phenoxy) is 2. The van der Waals surface area contributed by atoms with Gasteiger partial charge in [-0.3, -0.25) is 4.90 Å². The first-order valence-electron chi connectivity index (χ1n) is 14.7. The molecular formula is C28H34FN9O4S. The maximum absolute atomic E-state index is 14.4. The van der Waals surface area contributed by atoms with E-state index in [2.05, 4.69) is 31.1 Å². The van der Waals surface area contributed by atoms with Gasteiger partial charge < -0.3 is 29.7 Å². The number of hydrogen-bond donors (Lipinski definition) is 2. The lowest BCUT2D eigenvalue weighted by atomic mass is 9.72. The van der Waals surface area contributed by atoms with Crippen LogP contribution >= 0.6 is 11.3 Å². The van der Waals surface area contributed by atoms with E-state index in [1.165, 1.54) is 11.3 Å². The van der Waals surface area contributed by atoms with Gasteiger partial charge in [0, 0.05) is 36.5 Å². The third-order valence-electron chi connectivity index (χ3n) is 9.21. The molecule has 0 spiro atoms. The summed E-state index contributed by atoms with van der Waals surface area (Å²) in [5.74, 6) is 0.932. The van der Waals surface area contributed by atoms with Gasteiger partial charge in [-0.25, -0.2) is 4.39 Å². The van der Waals surface area contributed by atoms with Crippen molar-refractivity contribution in [3.8, 4) is 23.7 Å². The third kappa shape index (κ3) is 4.99. The molecule has 0 bridgehead atoms. The Labute approximate surface area is 251 Å². The van der Waals surface area contributed by atoms with Crippen LogP contribution in [-0.2, 0) is 16.6 Å². The Morgan fingerprint density at radius 3 is 2.93 bits per heavy atom. The summed E-state index contributed by atoms with van der Waals surface area (Å²) in [6.45, 7) is 4.83. The standard InChI is InChI=1S/C28H34FN9O4S/c1-27(5-2-4-19-20(27)18(11-30)21(31)43-19)24-32-23(36-42-24)22-33-25(37-8-9-40-14-17(39)13-37)35-26(34-22)41-15-28-6-3-7-38(28)12-16(29)10-28/h16-17,39H,2-10,12-15,31H2,1H3/t16-,17-,27+,28+/m1/s1. The monoisotopic (exact) mass is 611 g/mol. The zero-order chi connectivity index (χ0) is 29.8. The topological polar surface area (TPSA) is 173 Å². The molecule has 3 saturated heterocycles. The molecule has 3 N–H and O–H groups in total. The summed E-state index contributed by atoms with van der Waals surface area (Å²) < 4.78 is 31.9. The number of hydrogen-bond acceptors (Lipinski definition) is 14. The number of nitriles is 1. The van der Waals surface area contributed by atoms with Gasteiger partial charge in [-0.05, 0) is 45.6 Å². The quantitative estimate of drug-likeness (QED) is 0.416. The number of nitrogens with two attached hydrogens (primary N) is 1. The van der Waals surface area contributed by atoms with Crippen molar-refractivity contribution in [1.29, 1.82) is 5.26 Å². The molecule has 0 aromatic carbocycles. The molecule has 13 nitrogen and oxygen atoms in total. The van der Waals surface area contributed by atoms with Crippen molar-refractivity contribution in [2.75, 3.05) is 56.6 Å². The normalized spacial score (nSPS) is 29.2. The molecule has 0 unspecified atom stereocenters. The van der Waals surface area contributed by atoms with Crippen molar-refractivity contribution in [3.63, 3.8) is 0 Å². The van der Waals surface area contributed by atoms with Gasteiger partial charge in [0.15, 0.2) is 0 Å². The summed E-state index contributed by atoms with van der Waals surface area (Å²) >= 11 is 1.44. The Kier molecular flexibility index (Phi) is 7.19. The molecule has 4 atom stereocenters. The first kappa shape index (κ1) is 28.3. The summed E-state index contributed by atoms with van der Waals surface area (Å²) in [5, 5.41) is 25.0. The van der Waals surface area contributed by atoms with Crippen LogP contribution in [0, 0.1) is 11.3 Å². The van der Waals surface area contributed by atoms with E-state index < -0.39 is 17.7 Å². The van der Waals surface area contributed by atoms with Gasteiger partial charge in [0.05, 0.1) is 35.8 Å². The van der Waals surface area contributed by atoms with Gasteiger partial charge in [-0.1, -0.05) is 5.16 Å². The molecule has 6 heterocycles. The predicted octanol–water partition coefficient (Wildman–Crippen LogP) is 2.23. The number of aryl methyl sites for hydroxylation is 1. The van der Waals surface area contributed by atoms with E-state index in [1.807, 2.05) is 11.8 Å². The van der Waals surface area contributed by atoms with Gasteiger partial charge in [-0.2, -0.15) is 25.2 Å². The average Bonchev–Trinajstić information content (AvgIpc) is 3.73. The van der Waals surface area contributed by atoms with Crippen molar-refractivity contribution >= 4 is 22.3 Å². The minimum atomic E-state index is -0.883. The fraction of sp³-hybridized carbons (Fsp3) is 0.643. The molecule has 3 fully saturated rings. The van der Waals surface area contributed by atoms with Crippen LogP contribution in [0.3, 0.4) is 0 Å². The Morgan fingerprint density at radius 2 is 2.07 bits per heavy atom. The van der Waals surface area contributed by atoms with E-state index in [4.69, 9.17) is 24.7 Å². The largest absolute Gasteiger partial charge is 0.461 e. The summed E-state index contributed by atoms with van der Waals surface area (Å²) in [6.07, 6.45) is 3.09. The number of halogens is 1. The molecule has 0 radical (unpaired) electrons.